The number of rotatable bonds is 8. The number of hydrogen-bond acceptors (Lipinski definition) is 4. The fraction of sp³-hybridized carbons (Fsp3) is 0.500. The topological polar surface area (TPSA) is 73.0 Å². The van der Waals surface area contributed by atoms with Crippen LogP contribution in [0, 0.1) is 0 Å². The second-order valence-electron chi connectivity index (χ2n) is 10.5. The van der Waals surface area contributed by atoms with Gasteiger partial charge >= 0.3 is 0 Å². The second kappa shape index (κ2) is 11.9. The molecule has 196 valence electrons. The monoisotopic (exact) mass is 502 g/mol. The minimum Gasteiger partial charge on any atom is -0.339 e. The Labute approximate surface area is 219 Å². The summed E-state index contributed by atoms with van der Waals surface area (Å²) in [5, 5.41) is 2.99. The predicted octanol–water partition coefficient (Wildman–Crippen LogP) is 3.87. The summed E-state index contributed by atoms with van der Waals surface area (Å²) in [6.45, 7) is 5.39. The van der Waals surface area contributed by atoms with E-state index in [9.17, 15) is 14.4 Å². The largest absolute Gasteiger partial charge is 0.339 e. The van der Waals surface area contributed by atoms with Crippen molar-refractivity contribution in [3.63, 3.8) is 0 Å². The van der Waals surface area contributed by atoms with Crippen LogP contribution in [0.1, 0.15) is 77.3 Å². The van der Waals surface area contributed by atoms with Gasteiger partial charge < -0.3 is 20.0 Å². The maximum atomic E-state index is 13.4. The average Bonchev–Trinajstić information content (AvgIpc) is 2.96. The third-order valence-corrected chi connectivity index (χ3v) is 8.00. The number of amides is 3. The van der Waals surface area contributed by atoms with Crippen molar-refractivity contribution in [2.75, 3.05) is 39.3 Å². The van der Waals surface area contributed by atoms with Crippen LogP contribution in [0.15, 0.2) is 54.6 Å². The van der Waals surface area contributed by atoms with Crippen molar-refractivity contribution < 1.29 is 14.4 Å². The maximum absolute atomic E-state index is 13.4. The quantitative estimate of drug-likeness (QED) is 0.557. The Morgan fingerprint density at radius 1 is 0.757 bits per heavy atom. The first-order chi connectivity index (χ1) is 18.1. The molecule has 7 heteroatoms. The molecule has 0 radical (unpaired) electrons. The number of hydrogen-bond donors (Lipinski definition) is 1. The lowest BCUT2D eigenvalue weighted by atomic mass is 9.87. The highest BCUT2D eigenvalue weighted by atomic mass is 16.2. The zero-order valence-electron chi connectivity index (χ0n) is 21.6. The van der Waals surface area contributed by atoms with E-state index in [-0.39, 0.29) is 23.8 Å². The number of nitrogens with one attached hydrogen (secondary N) is 1. The molecule has 1 N–H and O–H groups in total. The Morgan fingerprint density at radius 3 is 2.08 bits per heavy atom. The Bertz CT molecular complexity index is 1090. The zero-order chi connectivity index (χ0) is 25.6. The number of carbonyl (C=O) groups excluding carboxylic acids is 3. The standard InChI is InChI=1S/C30H38N4O3/c35-28(24-15-6-7-16-25(24)29(36)33-20-10-3-11-21-33)31-26-27(23-13-4-1-5-14-23)34(30(26)37)22-12-19-32-17-8-2-9-18-32/h1,4-7,13-16,26-27H,2-3,8-12,17-22H2,(H,31,35)/t26-,27+/m0/s1. The van der Waals surface area contributed by atoms with Crippen LogP contribution >= 0.6 is 0 Å². The van der Waals surface area contributed by atoms with Crippen molar-refractivity contribution in [3.8, 4) is 0 Å². The lowest BCUT2D eigenvalue weighted by molar-refractivity contribution is -0.151. The van der Waals surface area contributed by atoms with Crippen molar-refractivity contribution >= 4 is 17.7 Å². The van der Waals surface area contributed by atoms with Gasteiger partial charge in [0.25, 0.3) is 11.8 Å². The summed E-state index contributed by atoms with van der Waals surface area (Å²) >= 11 is 0. The van der Waals surface area contributed by atoms with Crippen LogP contribution in [0.2, 0.25) is 0 Å². The smallest absolute Gasteiger partial charge is 0.254 e. The van der Waals surface area contributed by atoms with Crippen LogP contribution in [-0.4, -0.2) is 77.7 Å². The van der Waals surface area contributed by atoms with E-state index in [0.29, 0.717) is 17.7 Å². The van der Waals surface area contributed by atoms with Crippen LogP contribution in [0.4, 0.5) is 0 Å². The molecule has 37 heavy (non-hydrogen) atoms. The van der Waals surface area contributed by atoms with Gasteiger partial charge in [-0.15, -0.1) is 0 Å². The first kappa shape index (κ1) is 25.5. The highest BCUT2D eigenvalue weighted by Crippen LogP contribution is 2.35. The minimum absolute atomic E-state index is 0.0549. The third-order valence-electron chi connectivity index (χ3n) is 8.00. The molecule has 0 unspecified atom stereocenters. The molecule has 0 aliphatic carbocycles. The minimum atomic E-state index is -0.636. The van der Waals surface area contributed by atoms with Crippen LogP contribution in [0.5, 0.6) is 0 Å². The summed E-state index contributed by atoms with van der Waals surface area (Å²) < 4.78 is 0. The molecule has 3 fully saturated rings. The van der Waals surface area contributed by atoms with E-state index < -0.39 is 6.04 Å². The molecular formula is C30H38N4O3. The summed E-state index contributed by atoms with van der Waals surface area (Å²) in [5.41, 5.74) is 1.76. The molecule has 0 aromatic heterocycles. The van der Waals surface area contributed by atoms with Gasteiger partial charge in [0.1, 0.15) is 6.04 Å². The predicted molar refractivity (Wildman–Crippen MR) is 143 cm³/mol. The molecule has 0 spiro atoms. The molecule has 3 heterocycles. The van der Waals surface area contributed by atoms with E-state index in [4.69, 9.17) is 0 Å². The lowest BCUT2D eigenvalue weighted by Gasteiger charge is -2.48. The van der Waals surface area contributed by atoms with Crippen LogP contribution in [0.3, 0.4) is 0 Å². The lowest BCUT2D eigenvalue weighted by Crippen LogP contribution is -2.65. The van der Waals surface area contributed by atoms with Crippen molar-refractivity contribution in [1.29, 1.82) is 0 Å². The van der Waals surface area contributed by atoms with Crippen LogP contribution in [0.25, 0.3) is 0 Å². The zero-order valence-corrected chi connectivity index (χ0v) is 21.6. The van der Waals surface area contributed by atoms with Gasteiger partial charge in [0.15, 0.2) is 0 Å². The van der Waals surface area contributed by atoms with Crippen molar-refractivity contribution in [2.45, 2.75) is 57.0 Å². The van der Waals surface area contributed by atoms with Gasteiger partial charge in [0, 0.05) is 19.6 Å². The van der Waals surface area contributed by atoms with Gasteiger partial charge in [0.2, 0.25) is 5.91 Å². The van der Waals surface area contributed by atoms with Gasteiger partial charge in [-0.2, -0.15) is 0 Å². The Hall–Kier alpha value is -3.19. The fourth-order valence-corrected chi connectivity index (χ4v) is 5.96. The average molecular weight is 503 g/mol. The Kier molecular flexibility index (Phi) is 8.19. The van der Waals surface area contributed by atoms with E-state index in [0.717, 1.165) is 64.0 Å². The highest BCUT2D eigenvalue weighted by Gasteiger charge is 2.48. The van der Waals surface area contributed by atoms with Crippen molar-refractivity contribution in [3.05, 3.63) is 71.3 Å². The molecule has 2 aromatic rings. The fourth-order valence-electron chi connectivity index (χ4n) is 5.96. The molecule has 7 nitrogen and oxygen atoms in total. The first-order valence-electron chi connectivity index (χ1n) is 13.9. The number of piperidine rings is 2. The molecular weight excluding hydrogens is 464 g/mol. The molecule has 2 aromatic carbocycles. The number of likely N-dealkylation sites (tertiary alicyclic amines) is 3. The van der Waals surface area contributed by atoms with Crippen molar-refractivity contribution in [2.24, 2.45) is 0 Å². The Morgan fingerprint density at radius 2 is 1.38 bits per heavy atom. The van der Waals surface area contributed by atoms with E-state index >= 15 is 0 Å². The molecule has 3 amide bonds. The summed E-state index contributed by atoms with van der Waals surface area (Å²) in [6, 6.07) is 16.0. The summed E-state index contributed by atoms with van der Waals surface area (Å²) in [4.78, 5) is 46.2. The summed E-state index contributed by atoms with van der Waals surface area (Å²) in [7, 11) is 0. The molecule has 3 aliphatic rings. The molecule has 2 atom stereocenters. The van der Waals surface area contributed by atoms with Gasteiger partial charge in [-0.1, -0.05) is 48.9 Å². The number of carbonyl (C=O) groups is 3. The number of β-lactam (4-membered cyclic amide) rings is 1. The Balaban J connectivity index is 1.28. The second-order valence-corrected chi connectivity index (χ2v) is 10.5. The van der Waals surface area contributed by atoms with Gasteiger partial charge in [-0.25, -0.2) is 0 Å². The SMILES string of the molecule is O=C(N[C@@H]1C(=O)N(CCCN2CCCCC2)[C@@H]1c1ccccc1)c1ccccc1C(=O)N1CCCCC1. The van der Waals surface area contributed by atoms with Crippen LogP contribution < -0.4 is 5.32 Å². The molecule has 0 saturated carbocycles. The number of nitrogens with zero attached hydrogens (tertiary/aromatic N) is 3. The summed E-state index contributed by atoms with van der Waals surface area (Å²) in [6.07, 6.45) is 7.85. The van der Waals surface area contributed by atoms with Gasteiger partial charge in [0.05, 0.1) is 17.2 Å². The van der Waals surface area contributed by atoms with Gasteiger partial charge in [-0.3, -0.25) is 14.4 Å². The normalized spacial score (nSPS) is 22.4. The maximum Gasteiger partial charge on any atom is 0.254 e. The van der Waals surface area contributed by atoms with Crippen LogP contribution in [-0.2, 0) is 4.79 Å². The van der Waals surface area contributed by atoms with Crippen molar-refractivity contribution in [1.82, 2.24) is 20.0 Å². The molecule has 5 rings (SSSR count). The van der Waals surface area contributed by atoms with Gasteiger partial charge in [-0.05, 0) is 75.9 Å². The highest BCUT2D eigenvalue weighted by molar-refractivity contribution is 6.08. The van der Waals surface area contributed by atoms with E-state index in [1.54, 1.807) is 24.3 Å². The van der Waals surface area contributed by atoms with E-state index in [2.05, 4.69) is 10.2 Å². The first-order valence-corrected chi connectivity index (χ1v) is 13.9. The number of benzene rings is 2. The summed E-state index contributed by atoms with van der Waals surface area (Å²) in [5.74, 6) is -0.529. The third kappa shape index (κ3) is 5.72. The molecule has 3 saturated heterocycles. The molecule has 0 bridgehead atoms. The van der Waals surface area contributed by atoms with E-state index in [1.165, 1.54) is 19.3 Å². The molecule has 3 aliphatic heterocycles. The van der Waals surface area contributed by atoms with E-state index in [1.807, 2.05) is 40.1 Å².